The van der Waals surface area contributed by atoms with E-state index in [-0.39, 0.29) is 17.9 Å². The lowest BCUT2D eigenvalue weighted by Crippen LogP contribution is -2.62. The molecule has 1 N–H and O–H groups in total. The number of para-hydroxylation sites is 1. The van der Waals surface area contributed by atoms with Gasteiger partial charge in [0.2, 0.25) is 11.8 Å². The molecule has 37 heavy (non-hydrogen) atoms. The predicted molar refractivity (Wildman–Crippen MR) is 147 cm³/mol. The number of nitrogens with zero attached hydrogens (tertiary/aromatic N) is 3. The second-order valence-electron chi connectivity index (χ2n) is 9.91. The summed E-state index contributed by atoms with van der Waals surface area (Å²) in [6.45, 7) is 1.67. The van der Waals surface area contributed by atoms with E-state index in [1.54, 1.807) is 4.90 Å². The van der Waals surface area contributed by atoms with Crippen molar-refractivity contribution in [2.45, 2.75) is 31.5 Å². The van der Waals surface area contributed by atoms with Gasteiger partial charge in [-0.3, -0.25) is 9.59 Å². The van der Waals surface area contributed by atoms with E-state index in [2.05, 4.69) is 28.2 Å². The van der Waals surface area contributed by atoms with Crippen LogP contribution < -0.4 is 5.32 Å². The average Bonchev–Trinajstić information content (AvgIpc) is 3.24. The Balaban J connectivity index is 1.39. The van der Waals surface area contributed by atoms with Crippen LogP contribution in [0.25, 0.3) is 10.9 Å². The van der Waals surface area contributed by atoms with E-state index in [1.807, 2.05) is 91.8 Å². The SMILES string of the molecule is CN(Cc1ccccc1)C(=O)C(Cc1ccccc1)N1CCNC(Cc2cn(C)c3ccccc23)C1=O. The molecule has 6 heteroatoms. The summed E-state index contributed by atoms with van der Waals surface area (Å²) in [6, 6.07) is 27.3. The summed E-state index contributed by atoms with van der Waals surface area (Å²) < 4.78 is 2.11. The van der Waals surface area contributed by atoms with Crippen LogP contribution in [0.1, 0.15) is 16.7 Å². The van der Waals surface area contributed by atoms with Gasteiger partial charge in [-0.15, -0.1) is 0 Å². The number of likely N-dealkylation sites (N-methyl/N-ethyl adjacent to an activating group) is 1. The van der Waals surface area contributed by atoms with Crippen LogP contribution in [0.5, 0.6) is 0 Å². The Bertz CT molecular complexity index is 1370. The third-order valence-electron chi connectivity index (χ3n) is 7.30. The van der Waals surface area contributed by atoms with Gasteiger partial charge in [0, 0.05) is 57.3 Å². The smallest absolute Gasteiger partial charge is 0.245 e. The number of aromatic nitrogens is 1. The number of piperazine rings is 1. The van der Waals surface area contributed by atoms with Gasteiger partial charge in [0.25, 0.3) is 0 Å². The van der Waals surface area contributed by atoms with E-state index >= 15 is 0 Å². The molecule has 3 aromatic carbocycles. The molecule has 0 aliphatic carbocycles. The molecule has 190 valence electrons. The third kappa shape index (κ3) is 5.44. The molecule has 1 saturated heterocycles. The first-order valence-corrected chi connectivity index (χ1v) is 12.9. The summed E-state index contributed by atoms with van der Waals surface area (Å²) in [5, 5.41) is 4.59. The van der Waals surface area contributed by atoms with Gasteiger partial charge in [-0.1, -0.05) is 78.9 Å². The van der Waals surface area contributed by atoms with Crippen molar-refractivity contribution in [2.75, 3.05) is 20.1 Å². The van der Waals surface area contributed by atoms with Crippen LogP contribution in [0.2, 0.25) is 0 Å². The molecular formula is C31H34N4O2. The Labute approximate surface area is 218 Å². The monoisotopic (exact) mass is 494 g/mol. The van der Waals surface area contributed by atoms with Gasteiger partial charge in [-0.2, -0.15) is 0 Å². The van der Waals surface area contributed by atoms with E-state index in [9.17, 15) is 9.59 Å². The molecule has 2 heterocycles. The van der Waals surface area contributed by atoms with Gasteiger partial charge in [-0.25, -0.2) is 0 Å². The van der Waals surface area contributed by atoms with Crippen molar-refractivity contribution >= 4 is 22.7 Å². The zero-order valence-corrected chi connectivity index (χ0v) is 21.5. The summed E-state index contributed by atoms with van der Waals surface area (Å²) in [6.07, 6.45) is 3.19. The number of hydrogen-bond donors (Lipinski definition) is 1. The van der Waals surface area contributed by atoms with Crippen molar-refractivity contribution in [1.82, 2.24) is 19.7 Å². The molecule has 4 aromatic rings. The zero-order valence-electron chi connectivity index (χ0n) is 21.5. The van der Waals surface area contributed by atoms with Crippen molar-refractivity contribution in [3.05, 3.63) is 108 Å². The van der Waals surface area contributed by atoms with Gasteiger partial charge in [-0.05, 0) is 29.2 Å². The van der Waals surface area contributed by atoms with Crippen LogP contribution in [0, 0.1) is 0 Å². The molecule has 6 nitrogen and oxygen atoms in total. The fourth-order valence-corrected chi connectivity index (χ4v) is 5.39. The number of amides is 2. The Morgan fingerprint density at radius 2 is 1.62 bits per heavy atom. The second kappa shape index (κ2) is 11.0. The predicted octanol–water partition coefficient (Wildman–Crippen LogP) is 3.79. The van der Waals surface area contributed by atoms with Gasteiger partial charge in [0.05, 0.1) is 6.04 Å². The lowest BCUT2D eigenvalue weighted by Gasteiger charge is -2.39. The molecule has 1 aliphatic rings. The lowest BCUT2D eigenvalue weighted by atomic mass is 9.98. The largest absolute Gasteiger partial charge is 0.350 e. The van der Waals surface area contributed by atoms with Crippen LogP contribution in [-0.4, -0.2) is 58.4 Å². The van der Waals surface area contributed by atoms with Gasteiger partial charge >= 0.3 is 0 Å². The second-order valence-corrected chi connectivity index (χ2v) is 9.91. The summed E-state index contributed by atoms with van der Waals surface area (Å²) >= 11 is 0. The van der Waals surface area contributed by atoms with E-state index in [4.69, 9.17) is 0 Å². The molecule has 2 atom stereocenters. The van der Waals surface area contributed by atoms with Crippen LogP contribution in [0.15, 0.2) is 91.1 Å². The average molecular weight is 495 g/mol. The highest BCUT2D eigenvalue weighted by molar-refractivity contribution is 5.91. The number of rotatable bonds is 8. The quantitative estimate of drug-likeness (QED) is 0.406. The van der Waals surface area contributed by atoms with Crippen LogP contribution >= 0.6 is 0 Å². The molecule has 2 amide bonds. The summed E-state index contributed by atoms with van der Waals surface area (Å²) in [7, 11) is 3.86. The fourth-order valence-electron chi connectivity index (χ4n) is 5.39. The number of nitrogens with one attached hydrogen (secondary N) is 1. The molecule has 0 saturated carbocycles. The number of carbonyl (C=O) groups is 2. The first kappa shape index (κ1) is 24.8. The molecule has 0 bridgehead atoms. The molecule has 2 unspecified atom stereocenters. The normalized spacial score (nSPS) is 16.6. The van der Waals surface area contributed by atoms with E-state index in [0.717, 1.165) is 27.6 Å². The van der Waals surface area contributed by atoms with E-state index in [0.29, 0.717) is 32.5 Å². The highest BCUT2D eigenvalue weighted by Crippen LogP contribution is 2.24. The summed E-state index contributed by atoms with van der Waals surface area (Å²) in [5.41, 5.74) is 4.40. The number of aryl methyl sites for hydroxylation is 1. The first-order valence-electron chi connectivity index (χ1n) is 12.9. The first-order chi connectivity index (χ1) is 18.0. The van der Waals surface area contributed by atoms with Gasteiger partial charge < -0.3 is 19.7 Å². The van der Waals surface area contributed by atoms with Crippen molar-refractivity contribution in [3.8, 4) is 0 Å². The minimum Gasteiger partial charge on any atom is -0.350 e. The van der Waals surface area contributed by atoms with Crippen molar-refractivity contribution in [3.63, 3.8) is 0 Å². The molecule has 1 fully saturated rings. The lowest BCUT2D eigenvalue weighted by molar-refractivity contribution is -0.148. The van der Waals surface area contributed by atoms with Gasteiger partial charge in [0.15, 0.2) is 0 Å². The highest BCUT2D eigenvalue weighted by atomic mass is 16.2. The highest BCUT2D eigenvalue weighted by Gasteiger charge is 2.37. The molecule has 1 aromatic heterocycles. The van der Waals surface area contributed by atoms with Crippen molar-refractivity contribution < 1.29 is 9.59 Å². The molecule has 0 spiro atoms. The number of fused-ring (bicyclic) bond motifs is 1. The van der Waals surface area contributed by atoms with Crippen molar-refractivity contribution in [2.24, 2.45) is 7.05 Å². The maximum atomic E-state index is 13.9. The number of carbonyl (C=O) groups excluding carboxylic acids is 2. The van der Waals surface area contributed by atoms with Gasteiger partial charge in [0.1, 0.15) is 6.04 Å². The number of benzene rings is 3. The van der Waals surface area contributed by atoms with E-state index < -0.39 is 6.04 Å². The maximum absolute atomic E-state index is 13.9. The Kier molecular flexibility index (Phi) is 7.37. The van der Waals surface area contributed by atoms with Crippen molar-refractivity contribution in [1.29, 1.82) is 0 Å². The topological polar surface area (TPSA) is 57.6 Å². The Hall–Kier alpha value is -3.90. The minimum atomic E-state index is -0.555. The standard InChI is InChI=1S/C31H34N4O2/c1-33-22-25(26-15-9-10-16-28(26)33)20-27-30(36)35(18-17-32-27)29(19-23-11-5-3-6-12-23)31(37)34(2)21-24-13-7-4-8-14-24/h3-16,22,27,29,32H,17-21H2,1-2H3. The minimum absolute atomic E-state index is 0.0124. The molecular weight excluding hydrogens is 460 g/mol. The Morgan fingerprint density at radius 1 is 0.973 bits per heavy atom. The van der Waals surface area contributed by atoms with Crippen LogP contribution in [-0.2, 0) is 36.0 Å². The van der Waals surface area contributed by atoms with E-state index in [1.165, 1.54) is 0 Å². The third-order valence-corrected chi connectivity index (χ3v) is 7.30. The summed E-state index contributed by atoms with van der Waals surface area (Å²) in [5.74, 6) is -0.0477. The Morgan fingerprint density at radius 3 is 2.35 bits per heavy atom. The molecule has 5 rings (SSSR count). The van der Waals surface area contributed by atoms with Crippen LogP contribution in [0.4, 0.5) is 0 Å². The summed E-state index contributed by atoms with van der Waals surface area (Å²) in [4.78, 5) is 31.3. The molecule has 1 aliphatic heterocycles. The number of hydrogen-bond acceptors (Lipinski definition) is 3. The fraction of sp³-hybridized carbons (Fsp3) is 0.290. The maximum Gasteiger partial charge on any atom is 0.245 e. The van der Waals surface area contributed by atoms with Crippen LogP contribution in [0.3, 0.4) is 0 Å². The molecule has 0 radical (unpaired) electrons. The zero-order chi connectivity index (χ0) is 25.8.